The van der Waals surface area contributed by atoms with Crippen molar-refractivity contribution < 1.29 is 14.7 Å². The number of fused-ring (bicyclic) bond motifs is 1. The van der Waals surface area contributed by atoms with Gasteiger partial charge in [-0.15, -0.1) is 0 Å². The van der Waals surface area contributed by atoms with Crippen LogP contribution >= 0.6 is 0 Å². The fraction of sp³-hybridized carbons (Fsp3) is 0.364. The molecule has 0 unspecified atom stereocenters. The molecule has 1 aliphatic heterocycles. The highest BCUT2D eigenvalue weighted by Crippen LogP contribution is 2.50. The van der Waals surface area contributed by atoms with E-state index < -0.39 is 5.97 Å². The molecule has 148 valence electrons. The molecule has 4 rings (SSSR count). The van der Waals surface area contributed by atoms with E-state index >= 15 is 0 Å². The summed E-state index contributed by atoms with van der Waals surface area (Å²) in [4.78, 5) is 33.9. The van der Waals surface area contributed by atoms with Gasteiger partial charge in [-0.3, -0.25) is 4.79 Å². The molecule has 1 saturated carbocycles. The van der Waals surface area contributed by atoms with Gasteiger partial charge in [-0.25, -0.2) is 14.6 Å². The molecule has 0 bridgehead atoms. The van der Waals surface area contributed by atoms with Gasteiger partial charge in [0.05, 0.1) is 12.6 Å². The molecule has 2 aromatic rings. The zero-order chi connectivity index (χ0) is 20.7. The van der Waals surface area contributed by atoms with Gasteiger partial charge >= 0.3 is 5.97 Å². The lowest BCUT2D eigenvalue weighted by Crippen LogP contribution is -2.51. The lowest BCUT2D eigenvalue weighted by molar-refractivity contribution is -0.117. The molecule has 1 aromatic carbocycles. The van der Waals surface area contributed by atoms with Gasteiger partial charge in [-0.1, -0.05) is 13.0 Å². The lowest BCUT2D eigenvalue weighted by atomic mass is 9.79. The number of rotatable bonds is 4. The number of carboxylic acid groups (broad SMARTS) is 1. The number of pyridine rings is 1. The molecule has 2 aliphatic rings. The number of benzene rings is 1. The maximum Gasteiger partial charge on any atom is 0.339 e. The van der Waals surface area contributed by atoms with Crippen LogP contribution in [-0.4, -0.2) is 28.0 Å². The molecule has 1 amide bonds. The third-order valence-corrected chi connectivity index (χ3v) is 5.87. The Morgan fingerprint density at radius 2 is 2.07 bits per heavy atom. The summed E-state index contributed by atoms with van der Waals surface area (Å²) < 4.78 is 0. The Morgan fingerprint density at radius 1 is 1.31 bits per heavy atom. The van der Waals surface area contributed by atoms with Crippen LogP contribution in [0, 0.1) is 18.4 Å². The maximum absolute atomic E-state index is 12.6. The van der Waals surface area contributed by atoms with Crippen molar-refractivity contribution in [2.75, 3.05) is 10.2 Å². The molecule has 0 radical (unpaired) electrons. The van der Waals surface area contributed by atoms with E-state index in [1.165, 1.54) is 6.07 Å². The van der Waals surface area contributed by atoms with Crippen molar-refractivity contribution in [2.24, 2.45) is 11.8 Å². The Bertz CT molecular complexity index is 1020. The number of aromatic carboxylic acids is 1. The fourth-order valence-corrected chi connectivity index (χ4v) is 4.46. The molecule has 1 aromatic heterocycles. The zero-order valence-electron chi connectivity index (χ0n) is 16.3. The van der Waals surface area contributed by atoms with E-state index in [1.54, 1.807) is 31.3 Å². The normalized spacial score (nSPS) is 23.1. The van der Waals surface area contributed by atoms with Crippen LogP contribution in [-0.2, 0) is 4.79 Å². The number of hydrogen-bond acceptors (Lipinski definition) is 4. The summed E-state index contributed by atoms with van der Waals surface area (Å²) >= 11 is 0. The zero-order valence-corrected chi connectivity index (χ0v) is 16.3. The molecule has 7 nitrogen and oxygen atoms in total. The maximum atomic E-state index is 12.6. The molecular weight excluding hydrogens is 368 g/mol. The van der Waals surface area contributed by atoms with E-state index in [-0.39, 0.29) is 29.5 Å². The van der Waals surface area contributed by atoms with Gasteiger partial charge in [-0.05, 0) is 48.6 Å². The fourth-order valence-electron chi connectivity index (χ4n) is 4.46. The van der Waals surface area contributed by atoms with Gasteiger partial charge in [0.25, 0.3) is 0 Å². The van der Waals surface area contributed by atoms with Crippen molar-refractivity contribution >= 4 is 29.1 Å². The Kier molecular flexibility index (Phi) is 4.71. The minimum atomic E-state index is -1.05. The SMILES string of the molecule is [C-]#[N+]c1ccc2c(c1)[C@H](Nc1ncccc1C(=O)O)[C@@H](C)[C@H](C1CC1)N2C(C)=O. The Morgan fingerprint density at radius 3 is 2.69 bits per heavy atom. The standard InChI is InChI=1S/C22H22N4O3/c1-12-19(25-21-16(22(28)29)5-4-10-24-21)17-11-15(23-3)8-9-18(17)26(13(2)27)20(12)14-6-7-14/h4-5,8-12,14,19-20H,6-7H2,1-2H3,(H,24,25)(H,28,29)/t12-,19-,20-/m1/s1. The highest BCUT2D eigenvalue weighted by atomic mass is 16.4. The van der Waals surface area contributed by atoms with Crippen molar-refractivity contribution in [1.29, 1.82) is 0 Å². The number of nitrogens with zero attached hydrogens (tertiary/aromatic N) is 3. The third-order valence-electron chi connectivity index (χ3n) is 5.87. The average molecular weight is 390 g/mol. The van der Waals surface area contributed by atoms with E-state index in [0.29, 0.717) is 17.4 Å². The van der Waals surface area contributed by atoms with Gasteiger partial charge in [0, 0.05) is 30.8 Å². The molecule has 7 heteroatoms. The first kappa shape index (κ1) is 18.9. The minimum absolute atomic E-state index is 0.0172. The molecule has 1 fully saturated rings. The van der Waals surface area contributed by atoms with Crippen LogP contribution < -0.4 is 10.2 Å². The van der Waals surface area contributed by atoms with E-state index in [1.807, 2.05) is 11.0 Å². The minimum Gasteiger partial charge on any atom is -0.478 e. The second kappa shape index (κ2) is 7.21. The van der Waals surface area contributed by atoms with E-state index in [2.05, 4.69) is 22.1 Å². The van der Waals surface area contributed by atoms with Crippen molar-refractivity contribution in [3.63, 3.8) is 0 Å². The second-order valence-electron chi connectivity index (χ2n) is 7.76. The first-order chi connectivity index (χ1) is 13.9. The second-order valence-corrected chi connectivity index (χ2v) is 7.76. The Labute approximate surface area is 169 Å². The van der Waals surface area contributed by atoms with Crippen LogP contribution in [0.15, 0.2) is 36.5 Å². The van der Waals surface area contributed by atoms with E-state index in [0.717, 1.165) is 24.1 Å². The molecular formula is C22H22N4O3. The molecule has 2 heterocycles. The summed E-state index contributed by atoms with van der Waals surface area (Å²) in [5.41, 5.74) is 2.18. The van der Waals surface area contributed by atoms with Crippen LogP contribution in [0.25, 0.3) is 4.85 Å². The van der Waals surface area contributed by atoms with Gasteiger partial charge in [-0.2, -0.15) is 0 Å². The van der Waals surface area contributed by atoms with Crippen LogP contribution in [0.2, 0.25) is 0 Å². The Balaban J connectivity index is 1.85. The highest BCUT2D eigenvalue weighted by molar-refractivity contribution is 5.95. The van der Waals surface area contributed by atoms with Gasteiger partial charge in [0.2, 0.25) is 5.91 Å². The van der Waals surface area contributed by atoms with Crippen molar-refractivity contribution in [1.82, 2.24) is 4.98 Å². The predicted molar refractivity (Wildman–Crippen MR) is 109 cm³/mol. The molecule has 1 aliphatic carbocycles. The number of carboxylic acids is 1. The molecule has 29 heavy (non-hydrogen) atoms. The summed E-state index contributed by atoms with van der Waals surface area (Å²) in [5, 5.41) is 12.9. The van der Waals surface area contributed by atoms with Crippen molar-refractivity contribution in [2.45, 2.75) is 38.8 Å². The van der Waals surface area contributed by atoms with E-state index in [9.17, 15) is 14.7 Å². The number of amides is 1. The number of aromatic nitrogens is 1. The number of hydrogen-bond donors (Lipinski definition) is 2. The lowest BCUT2D eigenvalue weighted by Gasteiger charge is -2.46. The van der Waals surface area contributed by atoms with Gasteiger partial charge < -0.3 is 15.3 Å². The van der Waals surface area contributed by atoms with Crippen molar-refractivity contribution in [3.05, 3.63) is 59.1 Å². The number of anilines is 2. The number of carbonyl (C=O) groups excluding carboxylic acids is 1. The number of nitrogens with one attached hydrogen (secondary N) is 1. The van der Waals surface area contributed by atoms with Gasteiger partial charge in [0.15, 0.2) is 5.69 Å². The topological polar surface area (TPSA) is 86.9 Å². The van der Waals surface area contributed by atoms with E-state index in [4.69, 9.17) is 6.57 Å². The monoisotopic (exact) mass is 390 g/mol. The van der Waals surface area contributed by atoms with Crippen LogP contribution in [0.3, 0.4) is 0 Å². The van der Waals surface area contributed by atoms with Crippen LogP contribution in [0.5, 0.6) is 0 Å². The third kappa shape index (κ3) is 3.31. The quantitative estimate of drug-likeness (QED) is 0.762. The summed E-state index contributed by atoms with van der Waals surface area (Å²) in [5.74, 6) is -0.337. The molecule has 0 spiro atoms. The van der Waals surface area contributed by atoms with Crippen LogP contribution in [0.4, 0.5) is 17.2 Å². The average Bonchev–Trinajstić information content (AvgIpc) is 3.54. The molecule has 0 saturated heterocycles. The number of carbonyl (C=O) groups is 2. The summed E-state index contributed by atoms with van der Waals surface area (Å²) in [7, 11) is 0. The smallest absolute Gasteiger partial charge is 0.339 e. The molecule has 2 N–H and O–H groups in total. The highest BCUT2D eigenvalue weighted by Gasteiger charge is 2.47. The summed E-state index contributed by atoms with van der Waals surface area (Å²) in [6, 6.07) is 8.21. The summed E-state index contributed by atoms with van der Waals surface area (Å²) in [6.07, 6.45) is 3.70. The molecule has 3 atom stereocenters. The predicted octanol–water partition coefficient (Wildman–Crippen LogP) is 4.26. The first-order valence-electron chi connectivity index (χ1n) is 9.68. The summed E-state index contributed by atoms with van der Waals surface area (Å²) in [6.45, 7) is 11.0. The largest absolute Gasteiger partial charge is 0.478 e. The van der Waals surface area contributed by atoms with Crippen LogP contribution in [0.1, 0.15) is 48.7 Å². The van der Waals surface area contributed by atoms with Gasteiger partial charge in [0.1, 0.15) is 11.4 Å². The first-order valence-corrected chi connectivity index (χ1v) is 9.68. The van der Waals surface area contributed by atoms with Crippen molar-refractivity contribution in [3.8, 4) is 0 Å². The Hall–Kier alpha value is -3.40.